The van der Waals surface area contributed by atoms with Crippen LogP contribution in [0.5, 0.6) is 0 Å². The highest BCUT2D eigenvalue weighted by atomic mass is 16.2. The van der Waals surface area contributed by atoms with Gasteiger partial charge in [-0.3, -0.25) is 14.0 Å². The predicted octanol–water partition coefficient (Wildman–Crippen LogP) is 2.55. The van der Waals surface area contributed by atoms with Crippen LogP contribution in [0.1, 0.15) is 12.2 Å². The number of nitrogens with one attached hydrogen (secondary N) is 1. The molecule has 3 heterocycles. The van der Waals surface area contributed by atoms with Crippen molar-refractivity contribution < 1.29 is 9.59 Å². The van der Waals surface area contributed by atoms with Gasteiger partial charge in [0.25, 0.3) is 0 Å². The van der Waals surface area contributed by atoms with Crippen LogP contribution in [-0.4, -0.2) is 33.0 Å². The highest BCUT2D eigenvalue weighted by molar-refractivity contribution is 6.06. The molecule has 0 spiro atoms. The quantitative estimate of drug-likeness (QED) is 0.586. The molecule has 5 rings (SSSR count). The molecule has 144 valence electrons. The molecule has 1 N–H and O–H groups in total. The monoisotopic (exact) mass is 385 g/mol. The van der Waals surface area contributed by atoms with E-state index in [-0.39, 0.29) is 30.7 Å². The maximum Gasteiger partial charge on any atom is 0.227 e. The smallest absolute Gasteiger partial charge is 0.227 e. The molecule has 2 aromatic heterocycles. The van der Waals surface area contributed by atoms with Crippen LogP contribution in [0.2, 0.25) is 0 Å². The van der Waals surface area contributed by atoms with Crippen LogP contribution in [0, 0.1) is 5.92 Å². The van der Waals surface area contributed by atoms with Crippen LogP contribution in [0.15, 0.2) is 66.9 Å². The highest BCUT2D eigenvalue weighted by Crippen LogP contribution is 2.31. The lowest BCUT2D eigenvalue weighted by Crippen LogP contribution is -2.33. The number of pyridine rings is 1. The van der Waals surface area contributed by atoms with Gasteiger partial charge in [-0.1, -0.05) is 42.5 Å². The van der Waals surface area contributed by atoms with Crippen molar-refractivity contribution in [3.8, 4) is 0 Å². The summed E-state index contributed by atoms with van der Waals surface area (Å²) in [5.74, 6) is 0.0908. The molecule has 7 heteroatoms. The maximum atomic E-state index is 12.7. The molecule has 1 aliphatic rings. The number of carbonyl (C=O) groups excluding carboxylic acids is 2. The number of anilines is 1. The Hall–Kier alpha value is -3.74. The summed E-state index contributed by atoms with van der Waals surface area (Å²) in [6, 6.07) is 19.5. The Kier molecular flexibility index (Phi) is 4.20. The molecule has 2 amide bonds. The minimum Gasteiger partial charge on any atom is -0.348 e. The van der Waals surface area contributed by atoms with Crippen molar-refractivity contribution in [3.63, 3.8) is 0 Å². The van der Waals surface area contributed by atoms with E-state index in [9.17, 15) is 9.59 Å². The first-order valence-electron chi connectivity index (χ1n) is 9.55. The Bertz CT molecular complexity index is 1230. The Morgan fingerprint density at radius 1 is 1.03 bits per heavy atom. The molecule has 0 radical (unpaired) electrons. The first kappa shape index (κ1) is 17.4. The standard InChI is InChI=1S/C22H19N5O2/c28-21-12-16(14-27(21)18-9-5-7-15-6-1-2-8-17(15)18)22(29)23-13-20-25-24-19-10-3-4-11-26(19)20/h1-11,16H,12-14H2,(H,23,29)/t16-/m0/s1. The first-order chi connectivity index (χ1) is 14.2. The van der Waals surface area contributed by atoms with E-state index in [4.69, 9.17) is 0 Å². The normalized spacial score (nSPS) is 16.6. The summed E-state index contributed by atoms with van der Waals surface area (Å²) in [5.41, 5.74) is 1.58. The van der Waals surface area contributed by atoms with E-state index in [1.807, 2.05) is 71.3 Å². The Balaban J connectivity index is 1.31. The van der Waals surface area contributed by atoms with Crippen LogP contribution in [0.3, 0.4) is 0 Å². The molecular weight excluding hydrogens is 366 g/mol. The van der Waals surface area contributed by atoms with Gasteiger partial charge in [0.05, 0.1) is 18.2 Å². The van der Waals surface area contributed by atoms with Crippen LogP contribution < -0.4 is 10.2 Å². The van der Waals surface area contributed by atoms with Gasteiger partial charge in [0.2, 0.25) is 11.8 Å². The van der Waals surface area contributed by atoms with E-state index in [1.165, 1.54) is 0 Å². The van der Waals surface area contributed by atoms with Crippen molar-refractivity contribution in [1.82, 2.24) is 19.9 Å². The van der Waals surface area contributed by atoms with E-state index < -0.39 is 0 Å². The van der Waals surface area contributed by atoms with Crippen LogP contribution in [-0.2, 0) is 16.1 Å². The zero-order chi connectivity index (χ0) is 19.8. The second-order valence-corrected chi connectivity index (χ2v) is 7.17. The van der Waals surface area contributed by atoms with E-state index in [0.717, 1.165) is 22.1 Å². The van der Waals surface area contributed by atoms with Gasteiger partial charge in [0, 0.05) is 24.5 Å². The topological polar surface area (TPSA) is 79.6 Å². The molecule has 1 atom stereocenters. The molecule has 0 saturated carbocycles. The molecular formula is C22H19N5O2. The molecule has 7 nitrogen and oxygen atoms in total. The van der Waals surface area contributed by atoms with Gasteiger partial charge in [-0.05, 0) is 23.6 Å². The lowest BCUT2D eigenvalue weighted by atomic mass is 10.1. The summed E-state index contributed by atoms with van der Waals surface area (Å²) < 4.78 is 1.84. The number of carbonyl (C=O) groups is 2. The van der Waals surface area contributed by atoms with Crippen LogP contribution >= 0.6 is 0 Å². The van der Waals surface area contributed by atoms with Crippen LogP contribution in [0.4, 0.5) is 5.69 Å². The average Bonchev–Trinajstić information content (AvgIpc) is 3.35. The number of benzene rings is 2. The lowest BCUT2D eigenvalue weighted by molar-refractivity contribution is -0.126. The molecule has 0 unspecified atom stereocenters. The molecule has 1 saturated heterocycles. The molecule has 4 aromatic rings. The number of amides is 2. The zero-order valence-corrected chi connectivity index (χ0v) is 15.7. The third-order valence-corrected chi connectivity index (χ3v) is 5.36. The number of aromatic nitrogens is 3. The zero-order valence-electron chi connectivity index (χ0n) is 15.7. The number of hydrogen-bond donors (Lipinski definition) is 1. The predicted molar refractivity (Wildman–Crippen MR) is 109 cm³/mol. The minimum atomic E-state index is -0.388. The van der Waals surface area contributed by atoms with Gasteiger partial charge < -0.3 is 10.2 Å². The van der Waals surface area contributed by atoms with E-state index in [2.05, 4.69) is 15.5 Å². The molecule has 0 aliphatic carbocycles. The maximum absolute atomic E-state index is 12.7. The largest absolute Gasteiger partial charge is 0.348 e. The van der Waals surface area contributed by atoms with E-state index in [1.54, 1.807) is 4.90 Å². The summed E-state index contributed by atoms with van der Waals surface area (Å²) >= 11 is 0. The third kappa shape index (κ3) is 3.10. The van der Waals surface area contributed by atoms with E-state index in [0.29, 0.717) is 12.4 Å². The van der Waals surface area contributed by atoms with Gasteiger partial charge in [0.15, 0.2) is 11.5 Å². The molecule has 1 fully saturated rings. The Morgan fingerprint density at radius 2 is 1.86 bits per heavy atom. The second-order valence-electron chi connectivity index (χ2n) is 7.17. The number of hydrogen-bond acceptors (Lipinski definition) is 4. The number of fused-ring (bicyclic) bond motifs is 2. The summed E-state index contributed by atoms with van der Waals surface area (Å²) in [7, 11) is 0. The fraction of sp³-hybridized carbons (Fsp3) is 0.182. The molecule has 2 aromatic carbocycles. The minimum absolute atomic E-state index is 0.0329. The summed E-state index contributed by atoms with van der Waals surface area (Å²) in [6.07, 6.45) is 2.06. The van der Waals surface area contributed by atoms with Gasteiger partial charge >= 0.3 is 0 Å². The van der Waals surface area contributed by atoms with Crippen molar-refractivity contribution in [2.75, 3.05) is 11.4 Å². The fourth-order valence-corrected chi connectivity index (χ4v) is 3.88. The number of rotatable bonds is 4. The molecule has 1 aliphatic heterocycles. The highest BCUT2D eigenvalue weighted by Gasteiger charge is 2.35. The van der Waals surface area contributed by atoms with Crippen molar-refractivity contribution >= 4 is 33.9 Å². The van der Waals surface area contributed by atoms with Crippen molar-refractivity contribution in [2.24, 2.45) is 5.92 Å². The first-order valence-corrected chi connectivity index (χ1v) is 9.55. The van der Waals surface area contributed by atoms with Crippen molar-refractivity contribution in [1.29, 1.82) is 0 Å². The average molecular weight is 385 g/mol. The Morgan fingerprint density at radius 3 is 2.79 bits per heavy atom. The molecule has 0 bridgehead atoms. The second kappa shape index (κ2) is 7.01. The van der Waals surface area contributed by atoms with Gasteiger partial charge in [-0.25, -0.2) is 0 Å². The van der Waals surface area contributed by atoms with Gasteiger partial charge in [-0.2, -0.15) is 0 Å². The lowest BCUT2D eigenvalue weighted by Gasteiger charge is -2.19. The van der Waals surface area contributed by atoms with Crippen molar-refractivity contribution in [2.45, 2.75) is 13.0 Å². The van der Waals surface area contributed by atoms with Gasteiger partial charge in [-0.15, -0.1) is 10.2 Å². The van der Waals surface area contributed by atoms with Crippen LogP contribution in [0.25, 0.3) is 16.4 Å². The fourth-order valence-electron chi connectivity index (χ4n) is 3.88. The summed E-state index contributed by atoms with van der Waals surface area (Å²) in [5, 5.41) is 13.2. The number of nitrogens with zero attached hydrogens (tertiary/aromatic N) is 4. The van der Waals surface area contributed by atoms with E-state index >= 15 is 0 Å². The SMILES string of the molecule is O=C(NCc1nnc2ccccn12)[C@H]1CC(=O)N(c2cccc3ccccc23)C1. The van der Waals surface area contributed by atoms with Gasteiger partial charge in [0.1, 0.15) is 0 Å². The Labute approximate surface area is 167 Å². The summed E-state index contributed by atoms with van der Waals surface area (Å²) in [4.78, 5) is 27.1. The third-order valence-electron chi connectivity index (χ3n) is 5.36. The van der Waals surface area contributed by atoms with Crippen molar-refractivity contribution in [3.05, 3.63) is 72.7 Å². The summed E-state index contributed by atoms with van der Waals surface area (Å²) in [6.45, 7) is 0.641. The molecule has 29 heavy (non-hydrogen) atoms.